The van der Waals surface area contributed by atoms with Crippen LogP contribution < -0.4 is 4.74 Å². The molecule has 5 nitrogen and oxygen atoms in total. The Hall–Kier alpha value is -1.24. The van der Waals surface area contributed by atoms with E-state index in [4.69, 9.17) is 9.47 Å². The first-order valence-electron chi connectivity index (χ1n) is 9.87. The zero-order valence-corrected chi connectivity index (χ0v) is 16.4. The van der Waals surface area contributed by atoms with Gasteiger partial charge in [-0.15, -0.1) is 11.3 Å². The number of nitrogens with zero attached hydrogens (tertiary/aromatic N) is 3. The number of hydrogen-bond donors (Lipinski definition) is 0. The number of fused-ring (bicyclic) bond motifs is 3. The topological polar surface area (TPSA) is 47.5 Å². The van der Waals surface area contributed by atoms with Crippen LogP contribution in [0.25, 0.3) is 10.2 Å². The van der Waals surface area contributed by atoms with Crippen molar-refractivity contribution in [2.75, 3.05) is 27.3 Å². The van der Waals surface area contributed by atoms with Crippen LogP contribution in [-0.2, 0) is 11.2 Å². The fourth-order valence-electron chi connectivity index (χ4n) is 4.87. The molecule has 5 rings (SSSR count). The van der Waals surface area contributed by atoms with Crippen LogP contribution >= 0.6 is 11.3 Å². The Morgan fingerprint density at radius 2 is 1.92 bits per heavy atom. The highest BCUT2D eigenvalue weighted by Crippen LogP contribution is 2.50. The van der Waals surface area contributed by atoms with E-state index in [2.05, 4.69) is 29.0 Å². The van der Waals surface area contributed by atoms with Crippen molar-refractivity contribution in [1.82, 2.24) is 14.9 Å². The second-order valence-electron chi connectivity index (χ2n) is 8.25. The van der Waals surface area contributed by atoms with Gasteiger partial charge in [-0.05, 0) is 64.1 Å². The molecule has 0 N–H and O–H groups in total. The molecule has 2 fully saturated rings. The SMILES string of the molecule is CN(C)[C@H]1CC[C@H](Oc2ncnc3sc4c(c23)[C@@H](C2COC2)CC4)CC1. The molecule has 0 radical (unpaired) electrons. The molecule has 0 bridgehead atoms. The van der Waals surface area contributed by atoms with Crippen LogP contribution in [-0.4, -0.2) is 54.3 Å². The van der Waals surface area contributed by atoms with Crippen molar-refractivity contribution in [2.24, 2.45) is 5.92 Å². The van der Waals surface area contributed by atoms with E-state index in [1.807, 2.05) is 11.3 Å². The Labute approximate surface area is 158 Å². The lowest BCUT2D eigenvalue weighted by Crippen LogP contribution is -2.35. The summed E-state index contributed by atoms with van der Waals surface area (Å²) in [5.41, 5.74) is 1.48. The quantitative estimate of drug-likeness (QED) is 0.819. The van der Waals surface area contributed by atoms with Crippen molar-refractivity contribution in [3.8, 4) is 5.88 Å². The summed E-state index contributed by atoms with van der Waals surface area (Å²) in [7, 11) is 4.36. The zero-order chi connectivity index (χ0) is 17.7. The Morgan fingerprint density at radius 1 is 1.12 bits per heavy atom. The summed E-state index contributed by atoms with van der Waals surface area (Å²) in [6.07, 6.45) is 9.01. The maximum atomic E-state index is 6.47. The zero-order valence-electron chi connectivity index (χ0n) is 15.6. The molecule has 1 saturated heterocycles. The first-order valence-corrected chi connectivity index (χ1v) is 10.7. The Kier molecular flexibility index (Phi) is 4.38. The second-order valence-corrected chi connectivity index (χ2v) is 9.34. The van der Waals surface area contributed by atoms with Gasteiger partial charge >= 0.3 is 0 Å². The van der Waals surface area contributed by atoms with Gasteiger partial charge in [-0.1, -0.05) is 0 Å². The van der Waals surface area contributed by atoms with Crippen molar-refractivity contribution in [3.63, 3.8) is 0 Å². The van der Waals surface area contributed by atoms with Crippen LogP contribution in [0.4, 0.5) is 0 Å². The van der Waals surface area contributed by atoms with Crippen LogP contribution in [0.3, 0.4) is 0 Å². The fourth-order valence-corrected chi connectivity index (χ4v) is 6.08. The number of aryl methyl sites for hydroxylation is 1. The molecule has 0 amide bonds. The van der Waals surface area contributed by atoms with Gasteiger partial charge in [0.05, 0.1) is 18.6 Å². The van der Waals surface area contributed by atoms with Crippen molar-refractivity contribution in [2.45, 2.75) is 56.6 Å². The number of hydrogen-bond acceptors (Lipinski definition) is 6. The highest BCUT2D eigenvalue weighted by atomic mass is 32.1. The van der Waals surface area contributed by atoms with E-state index in [1.54, 1.807) is 6.33 Å². The first-order chi connectivity index (χ1) is 12.7. The maximum Gasteiger partial charge on any atom is 0.225 e. The van der Waals surface area contributed by atoms with Crippen LogP contribution in [0.1, 0.15) is 48.5 Å². The van der Waals surface area contributed by atoms with Gasteiger partial charge < -0.3 is 14.4 Å². The molecule has 140 valence electrons. The molecule has 1 aliphatic heterocycles. The van der Waals surface area contributed by atoms with Crippen molar-refractivity contribution in [1.29, 1.82) is 0 Å². The minimum Gasteiger partial charge on any atom is -0.474 e. The van der Waals surface area contributed by atoms with Gasteiger partial charge in [-0.2, -0.15) is 0 Å². The molecular formula is C20H27N3O2S. The van der Waals surface area contributed by atoms with Crippen LogP contribution in [0, 0.1) is 5.92 Å². The Bertz CT molecular complexity index is 794. The monoisotopic (exact) mass is 373 g/mol. The van der Waals surface area contributed by atoms with E-state index in [0.717, 1.165) is 36.8 Å². The largest absolute Gasteiger partial charge is 0.474 e. The molecule has 2 aromatic rings. The molecular weight excluding hydrogens is 346 g/mol. The maximum absolute atomic E-state index is 6.47. The summed E-state index contributed by atoms with van der Waals surface area (Å²) in [6, 6.07) is 0.689. The smallest absolute Gasteiger partial charge is 0.225 e. The third-order valence-electron chi connectivity index (χ3n) is 6.51. The molecule has 0 unspecified atom stereocenters. The van der Waals surface area contributed by atoms with Crippen LogP contribution in [0.5, 0.6) is 5.88 Å². The minimum atomic E-state index is 0.284. The lowest BCUT2D eigenvalue weighted by molar-refractivity contribution is -0.0445. The number of thiophene rings is 1. The molecule has 3 heterocycles. The molecule has 26 heavy (non-hydrogen) atoms. The molecule has 1 saturated carbocycles. The Morgan fingerprint density at radius 3 is 2.62 bits per heavy atom. The molecule has 2 aromatic heterocycles. The highest BCUT2D eigenvalue weighted by Gasteiger charge is 2.38. The molecule has 3 aliphatic rings. The third kappa shape index (κ3) is 2.83. The summed E-state index contributed by atoms with van der Waals surface area (Å²) in [5.74, 6) is 2.09. The fraction of sp³-hybridized carbons (Fsp3) is 0.700. The minimum absolute atomic E-state index is 0.284. The van der Waals surface area contributed by atoms with Gasteiger partial charge in [0.15, 0.2) is 0 Å². The second kappa shape index (κ2) is 6.73. The van der Waals surface area contributed by atoms with E-state index < -0.39 is 0 Å². The molecule has 2 aliphatic carbocycles. The normalized spacial score (nSPS) is 29.1. The number of rotatable bonds is 4. The molecule has 0 spiro atoms. The van der Waals surface area contributed by atoms with Crippen molar-refractivity contribution >= 4 is 21.6 Å². The van der Waals surface area contributed by atoms with E-state index in [-0.39, 0.29) is 6.10 Å². The Balaban J connectivity index is 1.42. The molecule has 6 heteroatoms. The van der Waals surface area contributed by atoms with Gasteiger partial charge in [0, 0.05) is 16.8 Å². The average Bonchev–Trinajstić information content (AvgIpc) is 3.14. The summed E-state index contributed by atoms with van der Waals surface area (Å²) in [4.78, 5) is 14.1. The van der Waals surface area contributed by atoms with E-state index in [1.165, 1.54) is 41.5 Å². The van der Waals surface area contributed by atoms with E-state index in [9.17, 15) is 0 Å². The van der Waals surface area contributed by atoms with Crippen LogP contribution in [0.2, 0.25) is 0 Å². The van der Waals surface area contributed by atoms with Crippen molar-refractivity contribution < 1.29 is 9.47 Å². The average molecular weight is 374 g/mol. The standard InChI is InChI=1S/C20H27N3O2S/c1-23(2)13-3-5-14(6-4-13)25-19-18-17-15(12-9-24-10-12)7-8-16(17)26-20(18)22-11-21-19/h11-15H,3-10H2,1-2H3/t13-,14-,15-/m1/s1. The first kappa shape index (κ1) is 16.9. The van der Waals surface area contributed by atoms with Crippen molar-refractivity contribution in [3.05, 3.63) is 16.8 Å². The lowest BCUT2D eigenvalue weighted by atomic mass is 9.86. The molecule has 1 atom stereocenters. The lowest BCUT2D eigenvalue weighted by Gasteiger charge is -2.33. The van der Waals surface area contributed by atoms with Gasteiger partial charge in [-0.25, -0.2) is 9.97 Å². The van der Waals surface area contributed by atoms with E-state index >= 15 is 0 Å². The number of ether oxygens (including phenoxy) is 2. The summed E-state index contributed by atoms with van der Waals surface area (Å²) in [6.45, 7) is 1.81. The summed E-state index contributed by atoms with van der Waals surface area (Å²) < 4.78 is 11.9. The predicted molar refractivity (Wildman–Crippen MR) is 103 cm³/mol. The van der Waals surface area contributed by atoms with Gasteiger partial charge in [-0.3, -0.25) is 0 Å². The van der Waals surface area contributed by atoms with Gasteiger partial charge in [0.2, 0.25) is 5.88 Å². The third-order valence-corrected chi connectivity index (χ3v) is 7.68. The van der Waals surface area contributed by atoms with Gasteiger partial charge in [0.1, 0.15) is 17.3 Å². The highest BCUT2D eigenvalue weighted by molar-refractivity contribution is 7.19. The number of aromatic nitrogens is 2. The van der Waals surface area contributed by atoms with Crippen LogP contribution in [0.15, 0.2) is 6.33 Å². The predicted octanol–water partition coefficient (Wildman–Crippen LogP) is 3.62. The summed E-state index contributed by atoms with van der Waals surface area (Å²) >= 11 is 1.84. The van der Waals surface area contributed by atoms with E-state index in [0.29, 0.717) is 17.9 Å². The summed E-state index contributed by atoms with van der Waals surface area (Å²) in [5, 5.41) is 1.21. The molecule has 0 aromatic carbocycles. The van der Waals surface area contributed by atoms with Gasteiger partial charge in [0.25, 0.3) is 0 Å².